The van der Waals surface area contributed by atoms with Gasteiger partial charge in [0.15, 0.2) is 5.13 Å². The molecule has 1 amide bonds. The molecule has 8 heteroatoms. The minimum absolute atomic E-state index is 0.312. The summed E-state index contributed by atoms with van der Waals surface area (Å²) in [6.07, 6.45) is 0.668. The van der Waals surface area contributed by atoms with Gasteiger partial charge in [-0.25, -0.2) is 4.98 Å². The summed E-state index contributed by atoms with van der Waals surface area (Å²) >= 11 is 1.30. The highest BCUT2D eigenvalue weighted by Gasteiger charge is 2.35. The van der Waals surface area contributed by atoms with Crippen LogP contribution in [0.5, 0.6) is 0 Å². The van der Waals surface area contributed by atoms with E-state index < -0.39 is 23.2 Å². The van der Waals surface area contributed by atoms with Crippen LogP contribution in [-0.2, 0) is 12.7 Å². The van der Waals surface area contributed by atoms with E-state index in [9.17, 15) is 18.0 Å². The number of hydrogen-bond donors (Lipinski definition) is 1. The van der Waals surface area contributed by atoms with E-state index in [0.717, 1.165) is 30.5 Å². The number of thiazole rings is 1. The quantitative estimate of drug-likeness (QED) is 0.826. The Balaban J connectivity index is 1.69. The third kappa shape index (κ3) is 4.42. The summed E-state index contributed by atoms with van der Waals surface area (Å²) in [5.74, 6) is -0.801. The van der Waals surface area contributed by atoms with Gasteiger partial charge in [0.05, 0.1) is 11.1 Å². The van der Waals surface area contributed by atoms with E-state index in [2.05, 4.69) is 22.1 Å². The van der Waals surface area contributed by atoms with Crippen molar-refractivity contribution in [1.29, 1.82) is 0 Å². The smallest absolute Gasteiger partial charge is 0.298 e. The van der Waals surface area contributed by atoms with Gasteiger partial charge in [0, 0.05) is 23.7 Å². The highest BCUT2D eigenvalue weighted by molar-refractivity contribution is 7.15. The molecule has 1 unspecified atom stereocenters. The van der Waals surface area contributed by atoms with Crippen molar-refractivity contribution in [3.05, 3.63) is 46.5 Å². The molecular weight excluding hydrogens is 363 g/mol. The largest absolute Gasteiger partial charge is 0.417 e. The zero-order valence-electron chi connectivity index (χ0n) is 14.3. The fraction of sp³-hybridized carbons (Fsp3) is 0.444. The number of carbonyl (C=O) groups is 1. The van der Waals surface area contributed by atoms with Crippen molar-refractivity contribution in [3.8, 4) is 0 Å². The van der Waals surface area contributed by atoms with E-state index in [1.807, 2.05) is 0 Å². The molecule has 1 aliphatic rings. The summed E-state index contributed by atoms with van der Waals surface area (Å²) in [7, 11) is 0. The summed E-state index contributed by atoms with van der Waals surface area (Å²) < 4.78 is 39.2. The fourth-order valence-corrected chi connectivity index (χ4v) is 3.96. The molecule has 2 heterocycles. The number of nitrogens with one attached hydrogen (secondary N) is 1. The number of aromatic nitrogens is 1. The number of halogens is 3. The summed E-state index contributed by atoms with van der Waals surface area (Å²) in [5, 5.41) is 2.80. The maximum Gasteiger partial charge on any atom is 0.417 e. The first-order valence-corrected chi connectivity index (χ1v) is 9.32. The Kier molecular flexibility index (Phi) is 5.62. The first-order chi connectivity index (χ1) is 12.3. The van der Waals surface area contributed by atoms with Crippen molar-refractivity contribution in [1.82, 2.24) is 9.88 Å². The Morgan fingerprint density at radius 1 is 1.35 bits per heavy atom. The number of amides is 1. The lowest BCUT2D eigenvalue weighted by atomic mass is 10.0. The maximum atomic E-state index is 13.1. The number of alkyl halides is 3. The van der Waals surface area contributed by atoms with Crippen LogP contribution in [0.3, 0.4) is 0 Å². The number of piperidine rings is 1. The molecule has 1 aromatic carbocycles. The van der Waals surface area contributed by atoms with Crippen LogP contribution in [0.4, 0.5) is 18.3 Å². The summed E-state index contributed by atoms with van der Waals surface area (Å²) in [4.78, 5) is 19.8. The molecule has 0 bridgehead atoms. The molecule has 26 heavy (non-hydrogen) atoms. The van der Waals surface area contributed by atoms with E-state index in [-0.39, 0.29) is 0 Å². The van der Waals surface area contributed by atoms with Gasteiger partial charge in [-0.2, -0.15) is 13.2 Å². The van der Waals surface area contributed by atoms with E-state index in [1.54, 1.807) is 6.20 Å². The average Bonchev–Trinajstić information content (AvgIpc) is 3.03. The number of anilines is 1. The molecule has 1 aliphatic heterocycles. The lowest BCUT2D eigenvalue weighted by molar-refractivity contribution is -0.137. The highest BCUT2D eigenvalue weighted by atomic mass is 32.1. The SMILES string of the molecule is CC1CCCCN1Cc1cnc(NC(=O)c2ccccc2C(F)(F)F)s1. The Labute approximate surface area is 154 Å². The number of nitrogens with zero attached hydrogens (tertiary/aromatic N) is 2. The third-order valence-corrected chi connectivity index (χ3v) is 5.45. The van der Waals surface area contributed by atoms with Crippen molar-refractivity contribution < 1.29 is 18.0 Å². The Morgan fingerprint density at radius 3 is 2.85 bits per heavy atom. The van der Waals surface area contributed by atoms with E-state index in [0.29, 0.717) is 11.2 Å². The maximum absolute atomic E-state index is 13.1. The van der Waals surface area contributed by atoms with Gasteiger partial charge >= 0.3 is 6.18 Å². The number of likely N-dealkylation sites (tertiary alicyclic amines) is 1. The summed E-state index contributed by atoms with van der Waals surface area (Å²) in [5.41, 5.74) is -1.35. The monoisotopic (exact) mass is 383 g/mol. The topological polar surface area (TPSA) is 45.2 Å². The zero-order chi connectivity index (χ0) is 18.7. The lowest BCUT2D eigenvalue weighted by Gasteiger charge is -2.32. The molecule has 2 aromatic rings. The molecule has 1 aromatic heterocycles. The summed E-state index contributed by atoms with van der Waals surface area (Å²) in [6.45, 7) is 3.96. The molecule has 0 aliphatic carbocycles. The second-order valence-electron chi connectivity index (χ2n) is 6.44. The van der Waals surface area contributed by atoms with E-state index in [1.165, 1.54) is 42.4 Å². The van der Waals surface area contributed by atoms with Gasteiger partial charge in [0.25, 0.3) is 5.91 Å². The van der Waals surface area contributed by atoms with Crippen LogP contribution in [0, 0.1) is 0 Å². The lowest BCUT2D eigenvalue weighted by Crippen LogP contribution is -2.36. The molecule has 1 N–H and O–H groups in total. The minimum Gasteiger partial charge on any atom is -0.298 e. The van der Waals surface area contributed by atoms with Gasteiger partial charge in [0.2, 0.25) is 0 Å². The number of hydrogen-bond acceptors (Lipinski definition) is 4. The molecule has 1 saturated heterocycles. The van der Waals surface area contributed by atoms with Gasteiger partial charge in [-0.15, -0.1) is 11.3 Å². The van der Waals surface area contributed by atoms with Crippen molar-refractivity contribution >= 4 is 22.4 Å². The van der Waals surface area contributed by atoms with Crippen molar-refractivity contribution in [2.24, 2.45) is 0 Å². The molecule has 140 valence electrons. The Morgan fingerprint density at radius 2 is 2.12 bits per heavy atom. The molecule has 4 nitrogen and oxygen atoms in total. The zero-order valence-corrected chi connectivity index (χ0v) is 15.2. The standard InChI is InChI=1S/C18H20F3N3OS/c1-12-6-4-5-9-24(12)11-13-10-22-17(26-13)23-16(25)14-7-2-3-8-15(14)18(19,20)21/h2-3,7-8,10,12H,4-6,9,11H2,1H3,(H,22,23,25). The van der Waals surface area contributed by atoms with Crippen molar-refractivity contribution in [2.45, 2.75) is 44.9 Å². The molecule has 1 fully saturated rings. The second kappa shape index (κ2) is 7.75. The van der Waals surface area contributed by atoms with Crippen LogP contribution in [0.15, 0.2) is 30.5 Å². The predicted octanol–water partition coefficient (Wildman–Crippen LogP) is 4.79. The highest BCUT2D eigenvalue weighted by Crippen LogP contribution is 2.32. The normalized spacial score (nSPS) is 18.7. The fourth-order valence-electron chi connectivity index (χ4n) is 3.12. The molecule has 0 saturated carbocycles. The average molecular weight is 383 g/mol. The first-order valence-electron chi connectivity index (χ1n) is 8.51. The second-order valence-corrected chi connectivity index (χ2v) is 7.56. The van der Waals surface area contributed by atoms with Gasteiger partial charge in [-0.1, -0.05) is 18.6 Å². The molecule has 3 rings (SSSR count). The number of carbonyl (C=O) groups excluding carboxylic acids is 1. The van der Waals surface area contributed by atoms with Gasteiger partial charge < -0.3 is 0 Å². The van der Waals surface area contributed by atoms with Crippen LogP contribution >= 0.6 is 11.3 Å². The minimum atomic E-state index is -4.58. The van der Waals surface area contributed by atoms with Crippen LogP contribution in [0.2, 0.25) is 0 Å². The first kappa shape index (κ1) is 18.8. The predicted molar refractivity (Wildman–Crippen MR) is 95.2 cm³/mol. The van der Waals surface area contributed by atoms with Gasteiger partial charge in [-0.3, -0.25) is 15.0 Å². The Hall–Kier alpha value is -1.93. The van der Waals surface area contributed by atoms with Crippen molar-refractivity contribution in [3.63, 3.8) is 0 Å². The van der Waals surface area contributed by atoms with E-state index >= 15 is 0 Å². The molecule has 0 radical (unpaired) electrons. The van der Waals surface area contributed by atoms with Crippen LogP contribution in [-0.4, -0.2) is 28.4 Å². The number of rotatable bonds is 4. The Bertz CT molecular complexity index is 775. The van der Waals surface area contributed by atoms with Crippen molar-refractivity contribution in [2.75, 3.05) is 11.9 Å². The van der Waals surface area contributed by atoms with Crippen LogP contribution in [0.25, 0.3) is 0 Å². The molecule has 1 atom stereocenters. The molecular formula is C18H20F3N3OS. The van der Waals surface area contributed by atoms with Crippen LogP contribution < -0.4 is 5.32 Å². The van der Waals surface area contributed by atoms with Crippen LogP contribution in [0.1, 0.15) is 47.0 Å². The van der Waals surface area contributed by atoms with Gasteiger partial charge in [-0.05, 0) is 38.4 Å². The van der Waals surface area contributed by atoms with Gasteiger partial charge in [0.1, 0.15) is 0 Å². The number of benzene rings is 1. The molecule has 0 spiro atoms. The van der Waals surface area contributed by atoms with E-state index in [4.69, 9.17) is 0 Å². The third-order valence-electron chi connectivity index (χ3n) is 4.55. The summed E-state index contributed by atoms with van der Waals surface area (Å²) in [6, 6.07) is 5.25.